The highest BCUT2D eigenvalue weighted by Crippen LogP contribution is 2.34. The number of carbonyl (C=O) groups is 3. The highest BCUT2D eigenvalue weighted by atomic mass is 16.7. The molecule has 1 N–H and O–H groups in total. The van der Waals surface area contributed by atoms with Gasteiger partial charge in [-0.05, 0) is 46.6 Å². The van der Waals surface area contributed by atoms with Gasteiger partial charge in [0.15, 0.2) is 5.78 Å². The van der Waals surface area contributed by atoms with E-state index in [2.05, 4.69) is 16.0 Å². The molecular formula is C29H39N4O6+. The summed E-state index contributed by atoms with van der Waals surface area (Å²) in [6.07, 6.45) is 2.70. The van der Waals surface area contributed by atoms with Crippen molar-refractivity contribution in [2.45, 2.75) is 78.9 Å². The number of benzene rings is 1. The lowest BCUT2D eigenvalue weighted by Gasteiger charge is -2.21. The van der Waals surface area contributed by atoms with Crippen LogP contribution in [0.2, 0.25) is 0 Å². The van der Waals surface area contributed by atoms with Crippen LogP contribution >= 0.6 is 0 Å². The summed E-state index contributed by atoms with van der Waals surface area (Å²) in [5, 5.41) is 3.58. The average Bonchev–Trinajstić information content (AvgIpc) is 3.36. The number of nitrogens with one attached hydrogen (secondary N) is 1. The number of fused-ring (bicyclic) bond motifs is 3. The van der Waals surface area contributed by atoms with Crippen LogP contribution in [0.4, 0.5) is 9.59 Å². The summed E-state index contributed by atoms with van der Waals surface area (Å²) in [4.78, 5) is 37.7. The number of nitrogens with zero attached hydrogens (tertiary/aromatic N) is 3. The molecule has 0 saturated heterocycles. The molecule has 3 atom stereocenters. The molecule has 10 heteroatoms. The number of amides is 1. The molecule has 0 spiro atoms. The van der Waals surface area contributed by atoms with Gasteiger partial charge in [0.05, 0.1) is 12.5 Å². The molecule has 0 fully saturated rings. The van der Waals surface area contributed by atoms with Crippen molar-refractivity contribution in [3.8, 4) is 0 Å². The van der Waals surface area contributed by atoms with Gasteiger partial charge in [-0.15, -0.1) is 0 Å². The Labute approximate surface area is 228 Å². The minimum Gasteiger partial charge on any atom is -0.444 e. The fourth-order valence-corrected chi connectivity index (χ4v) is 5.14. The third-order valence-electron chi connectivity index (χ3n) is 7.08. The lowest BCUT2D eigenvalue weighted by Crippen LogP contribution is -2.43. The number of rotatable bonds is 7. The maximum atomic E-state index is 13.6. The molecule has 0 saturated carbocycles. The van der Waals surface area contributed by atoms with Crippen molar-refractivity contribution in [2.75, 3.05) is 6.54 Å². The molecule has 4 rings (SSSR count). The van der Waals surface area contributed by atoms with E-state index in [4.69, 9.17) is 14.2 Å². The SMILES string of the molecule is Cc1n(C(C)OC(=O)OC(C)CNC(=O)OC(C)(C)C)cc[n+]1CC1CCc2c(c3ccccc3n2C)C1=O. The van der Waals surface area contributed by atoms with E-state index >= 15 is 0 Å². The molecule has 10 nitrogen and oxygen atoms in total. The Hall–Kier alpha value is -3.82. The van der Waals surface area contributed by atoms with Crippen LogP contribution in [0.1, 0.15) is 69.1 Å². The third kappa shape index (κ3) is 6.26. The van der Waals surface area contributed by atoms with Crippen LogP contribution in [0.5, 0.6) is 0 Å². The number of hydrogen-bond donors (Lipinski definition) is 1. The molecule has 2 aromatic heterocycles. The van der Waals surface area contributed by atoms with Crippen LogP contribution in [0.25, 0.3) is 10.9 Å². The van der Waals surface area contributed by atoms with Gasteiger partial charge in [0, 0.05) is 43.1 Å². The first-order chi connectivity index (χ1) is 18.4. The Bertz CT molecular complexity index is 1380. The lowest BCUT2D eigenvalue weighted by molar-refractivity contribution is -0.706. The fourth-order valence-electron chi connectivity index (χ4n) is 5.14. The molecule has 3 unspecified atom stereocenters. The van der Waals surface area contributed by atoms with E-state index in [1.807, 2.05) is 53.7 Å². The Morgan fingerprint density at radius 3 is 2.62 bits per heavy atom. The van der Waals surface area contributed by atoms with Crippen LogP contribution in [0.3, 0.4) is 0 Å². The minimum absolute atomic E-state index is 0.0920. The highest BCUT2D eigenvalue weighted by molar-refractivity contribution is 6.11. The molecule has 1 aliphatic rings. The number of imidazole rings is 1. The molecule has 210 valence electrons. The Morgan fingerprint density at radius 2 is 1.90 bits per heavy atom. The topological polar surface area (TPSA) is 105 Å². The summed E-state index contributed by atoms with van der Waals surface area (Å²) in [5.41, 5.74) is 2.42. The van der Waals surface area contributed by atoms with E-state index < -0.39 is 30.2 Å². The van der Waals surface area contributed by atoms with E-state index in [0.29, 0.717) is 6.54 Å². The standard InChI is InChI=1S/C29H38N4O6/c1-18(16-30-27(35)39-29(4,5)6)37-28(36)38-20(3)33-15-14-32(19(33)2)17-21-12-13-24-25(26(21)34)22-10-8-9-11-23(22)31(24)7/h8-11,14-15,18,20-21H,12-13,16-17H2,1-7H3/p+1. The first kappa shape index (κ1) is 28.2. The number of ketones is 1. The van der Waals surface area contributed by atoms with Crippen molar-refractivity contribution in [1.82, 2.24) is 14.5 Å². The van der Waals surface area contributed by atoms with Gasteiger partial charge in [-0.2, -0.15) is 4.57 Å². The molecule has 3 aromatic rings. The first-order valence-electron chi connectivity index (χ1n) is 13.4. The second-order valence-corrected chi connectivity index (χ2v) is 11.2. The number of ether oxygens (including phenoxy) is 3. The van der Waals surface area contributed by atoms with Gasteiger partial charge in [0.25, 0.3) is 5.82 Å². The maximum Gasteiger partial charge on any atom is 0.512 e. The smallest absolute Gasteiger partial charge is 0.444 e. The Morgan fingerprint density at radius 1 is 1.18 bits per heavy atom. The van der Waals surface area contributed by atoms with Gasteiger partial charge in [-0.1, -0.05) is 18.2 Å². The molecule has 0 radical (unpaired) electrons. The molecular weight excluding hydrogens is 500 g/mol. The van der Waals surface area contributed by atoms with Crippen LogP contribution in [-0.2, 0) is 34.2 Å². The summed E-state index contributed by atoms with van der Waals surface area (Å²) in [6, 6.07) is 8.05. The summed E-state index contributed by atoms with van der Waals surface area (Å²) in [6.45, 7) is 11.3. The van der Waals surface area contributed by atoms with Crippen molar-refractivity contribution in [2.24, 2.45) is 13.0 Å². The zero-order valence-corrected chi connectivity index (χ0v) is 23.8. The molecule has 0 bridgehead atoms. The van der Waals surface area contributed by atoms with Crippen molar-refractivity contribution in [3.05, 3.63) is 53.7 Å². The van der Waals surface area contributed by atoms with Crippen molar-refractivity contribution >= 4 is 28.9 Å². The van der Waals surface area contributed by atoms with Gasteiger partial charge < -0.3 is 24.1 Å². The number of carbonyl (C=O) groups excluding carboxylic acids is 3. The summed E-state index contributed by atoms with van der Waals surface area (Å²) in [5.74, 6) is 0.892. The van der Waals surface area contributed by atoms with E-state index in [0.717, 1.165) is 40.8 Å². The van der Waals surface area contributed by atoms with E-state index in [1.165, 1.54) is 0 Å². The number of alkyl carbamates (subject to hydrolysis) is 1. The largest absolute Gasteiger partial charge is 0.512 e. The van der Waals surface area contributed by atoms with E-state index in [9.17, 15) is 14.4 Å². The number of hydrogen-bond acceptors (Lipinski definition) is 6. The highest BCUT2D eigenvalue weighted by Gasteiger charge is 2.34. The van der Waals surface area contributed by atoms with Crippen LogP contribution < -0.4 is 9.88 Å². The number of aryl methyl sites for hydroxylation is 1. The van der Waals surface area contributed by atoms with Crippen LogP contribution in [0.15, 0.2) is 36.7 Å². The monoisotopic (exact) mass is 539 g/mol. The molecule has 0 aliphatic heterocycles. The molecule has 39 heavy (non-hydrogen) atoms. The van der Waals surface area contributed by atoms with Gasteiger partial charge in [0.2, 0.25) is 6.23 Å². The number of para-hydroxylation sites is 1. The van der Waals surface area contributed by atoms with Gasteiger partial charge >= 0.3 is 12.2 Å². The second kappa shape index (κ2) is 11.1. The van der Waals surface area contributed by atoms with Gasteiger partial charge in [0.1, 0.15) is 30.6 Å². The number of Topliss-reactive ketones (excluding diaryl/α,β-unsaturated/α-hetero) is 1. The number of aromatic nitrogens is 3. The fraction of sp³-hybridized carbons (Fsp3) is 0.517. The zero-order valence-electron chi connectivity index (χ0n) is 23.8. The Balaban J connectivity index is 1.34. The maximum absolute atomic E-state index is 13.6. The molecule has 2 heterocycles. The van der Waals surface area contributed by atoms with Crippen LogP contribution in [0, 0.1) is 12.8 Å². The zero-order chi connectivity index (χ0) is 28.5. The third-order valence-corrected chi connectivity index (χ3v) is 7.08. The molecule has 1 aliphatic carbocycles. The normalized spacial score (nSPS) is 16.9. The van der Waals surface area contributed by atoms with Gasteiger partial charge in [-0.25, -0.2) is 14.2 Å². The van der Waals surface area contributed by atoms with Gasteiger partial charge in [-0.3, -0.25) is 4.79 Å². The predicted molar refractivity (Wildman–Crippen MR) is 144 cm³/mol. The summed E-state index contributed by atoms with van der Waals surface area (Å²) >= 11 is 0. The van der Waals surface area contributed by atoms with E-state index in [-0.39, 0.29) is 18.2 Å². The molecule has 1 aromatic carbocycles. The average molecular weight is 540 g/mol. The second-order valence-electron chi connectivity index (χ2n) is 11.2. The summed E-state index contributed by atoms with van der Waals surface area (Å²) < 4.78 is 21.9. The quantitative estimate of drug-likeness (QED) is 0.347. The van der Waals surface area contributed by atoms with E-state index in [1.54, 1.807) is 34.6 Å². The predicted octanol–water partition coefficient (Wildman–Crippen LogP) is 4.61. The minimum atomic E-state index is -0.841. The lowest BCUT2D eigenvalue weighted by atomic mass is 9.85. The summed E-state index contributed by atoms with van der Waals surface area (Å²) in [7, 11) is 2.03. The van der Waals surface area contributed by atoms with Crippen molar-refractivity contribution in [3.63, 3.8) is 0 Å². The Kier molecular flexibility index (Phi) is 8.04. The van der Waals surface area contributed by atoms with Crippen molar-refractivity contribution in [1.29, 1.82) is 0 Å². The molecule has 1 amide bonds. The first-order valence-corrected chi connectivity index (χ1v) is 13.4. The van der Waals surface area contributed by atoms with Crippen molar-refractivity contribution < 1.29 is 33.2 Å². The van der Waals surface area contributed by atoms with Crippen LogP contribution in [-0.4, -0.2) is 45.4 Å².